The Morgan fingerprint density at radius 3 is 2.39 bits per heavy atom. The van der Waals surface area contributed by atoms with Gasteiger partial charge in [0.15, 0.2) is 0 Å². The van der Waals surface area contributed by atoms with Crippen LogP contribution in [-0.4, -0.2) is 58.9 Å². The van der Waals surface area contributed by atoms with E-state index in [0.29, 0.717) is 33.8 Å². The molecule has 2 aromatic carbocycles. The molecule has 12 nitrogen and oxygen atoms in total. The standard InChI is InChI=1S/C30H36N4O8S2/c1-5-33(6-2)20-9-12-23-26(17-20)40-27-18-21(34(7-3)8-4)10-13-24(27)29(23)25-14-11-22(19-28(25)43-42-41-37)44(38,39)32-16-15-31-30(35)36/h9-14,17-19,31-32H,5-8,15-16H2,1-4H3,(H-,35,36,37). The fourth-order valence-corrected chi connectivity index (χ4v) is 6.83. The minimum atomic E-state index is -4.03. The Balaban J connectivity index is 1.96. The van der Waals surface area contributed by atoms with Gasteiger partial charge in [0.05, 0.1) is 23.0 Å². The molecule has 44 heavy (non-hydrogen) atoms. The summed E-state index contributed by atoms with van der Waals surface area (Å²) in [7, 11) is -4.03. The summed E-state index contributed by atoms with van der Waals surface area (Å²) in [6.07, 6.45) is -1.26. The summed E-state index contributed by atoms with van der Waals surface area (Å²) in [5.41, 5.74) is 3.77. The monoisotopic (exact) mass is 644 g/mol. The molecule has 2 aromatic rings. The van der Waals surface area contributed by atoms with Gasteiger partial charge in [-0.2, -0.15) is 4.33 Å². The number of nitrogens with one attached hydrogen (secondary N) is 2. The molecule has 1 amide bonds. The molecule has 1 aliphatic heterocycles. The van der Waals surface area contributed by atoms with Crippen LogP contribution in [-0.2, 0) is 19.4 Å². The highest BCUT2D eigenvalue weighted by Crippen LogP contribution is 2.44. The van der Waals surface area contributed by atoms with Crippen molar-refractivity contribution in [1.82, 2.24) is 14.6 Å². The van der Waals surface area contributed by atoms with E-state index in [1.807, 2.05) is 36.4 Å². The normalized spacial score (nSPS) is 11.7. The van der Waals surface area contributed by atoms with E-state index in [2.05, 4.69) is 52.2 Å². The third kappa shape index (κ3) is 7.34. The lowest BCUT2D eigenvalue weighted by molar-refractivity contribution is -0.777. The van der Waals surface area contributed by atoms with Crippen LogP contribution in [0.25, 0.3) is 33.4 Å². The summed E-state index contributed by atoms with van der Waals surface area (Å²) >= 11 is 0.588. The SMILES string of the molecule is CCN(CC)c1ccc2c(-c3ccc(S(=O)(=O)NCCNC(=O)O)cc3SOO[O-])c3ccc(=[N+](CC)CC)cc-3oc2c1. The molecule has 0 atom stereocenters. The molecule has 4 rings (SSSR count). The molecule has 14 heteroatoms. The van der Waals surface area contributed by atoms with Crippen LogP contribution in [0, 0.1) is 0 Å². The van der Waals surface area contributed by atoms with Crippen molar-refractivity contribution in [3.63, 3.8) is 0 Å². The number of amides is 1. The van der Waals surface area contributed by atoms with Gasteiger partial charge in [0.1, 0.15) is 24.4 Å². The third-order valence-electron chi connectivity index (χ3n) is 7.32. The summed E-state index contributed by atoms with van der Waals surface area (Å²) in [6.45, 7) is 11.3. The highest BCUT2D eigenvalue weighted by molar-refractivity contribution is 7.94. The molecule has 0 radical (unpaired) electrons. The quantitative estimate of drug-likeness (QED) is 0.0463. The highest BCUT2D eigenvalue weighted by Gasteiger charge is 2.24. The zero-order chi connectivity index (χ0) is 31.9. The van der Waals surface area contributed by atoms with Crippen LogP contribution in [0.4, 0.5) is 10.5 Å². The number of sulfonamides is 1. The number of hydrogen-bond donors (Lipinski definition) is 3. The first-order valence-electron chi connectivity index (χ1n) is 14.2. The number of benzene rings is 3. The van der Waals surface area contributed by atoms with Crippen LogP contribution in [0.1, 0.15) is 27.7 Å². The largest absolute Gasteiger partial charge is 0.691 e. The van der Waals surface area contributed by atoms with Crippen molar-refractivity contribution in [2.24, 2.45) is 0 Å². The molecule has 0 spiro atoms. The van der Waals surface area contributed by atoms with Crippen LogP contribution >= 0.6 is 12.0 Å². The molecule has 1 heterocycles. The lowest BCUT2D eigenvalue weighted by atomic mass is 9.93. The topological polar surface area (TPSA) is 156 Å². The summed E-state index contributed by atoms with van der Waals surface area (Å²) in [5, 5.41) is 27.1. The lowest BCUT2D eigenvalue weighted by Crippen LogP contribution is -2.34. The summed E-state index contributed by atoms with van der Waals surface area (Å²) in [5.74, 6) is 0.634. The average molecular weight is 645 g/mol. The van der Waals surface area contributed by atoms with Crippen LogP contribution in [0.3, 0.4) is 0 Å². The number of anilines is 1. The van der Waals surface area contributed by atoms with Gasteiger partial charge < -0.3 is 25.0 Å². The van der Waals surface area contributed by atoms with E-state index < -0.39 is 16.1 Å². The van der Waals surface area contributed by atoms with E-state index in [0.717, 1.165) is 53.7 Å². The van der Waals surface area contributed by atoms with Gasteiger partial charge in [-0.05, 0) is 63.6 Å². The van der Waals surface area contributed by atoms with Crippen molar-refractivity contribution in [3.8, 4) is 22.5 Å². The van der Waals surface area contributed by atoms with Crippen molar-refractivity contribution in [1.29, 1.82) is 0 Å². The minimum Gasteiger partial charge on any atom is -0.691 e. The van der Waals surface area contributed by atoms with Crippen LogP contribution in [0.15, 0.2) is 68.8 Å². The Hall–Kier alpha value is -3.66. The van der Waals surface area contributed by atoms with E-state index in [4.69, 9.17) is 13.9 Å². The molecule has 0 fully saturated rings. The summed E-state index contributed by atoms with van der Waals surface area (Å²) < 4.78 is 41.9. The van der Waals surface area contributed by atoms with Crippen molar-refractivity contribution in [2.45, 2.75) is 37.5 Å². The Kier molecular flexibility index (Phi) is 11.2. The molecule has 0 bridgehead atoms. The lowest BCUT2D eigenvalue weighted by Gasteiger charge is -2.23. The minimum absolute atomic E-state index is 0.101. The van der Waals surface area contributed by atoms with E-state index in [9.17, 15) is 18.5 Å². The third-order valence-corrected chi connectivity index (χ3v) is 9.42. The highest BCUT2D eigenvalue weighted by atomic mass is 32.2. The van der Waals surface area contributed by atoms with E-state index >= 15 is 0 Å². The molecular weight excluding hydrogens is 608 g/mol. The average Bonchev–Trinajstić information content (AvgIpc) is 3.02. The van der Waals surface area contributed by atoms with Crippen molar-refractivity contribution >= 4 is 44.8 Å². The number of carboxylic acid groups (broad SMARTS) is 1. The second kappa shape index (κ2) is 14.9. The zero-order valence-corrected chi connectivity index (χ0v) is 26.6. The van der Waals surface area contributed by atoms with Crippen LogP contribution in [0.5, 0.6) is 0 Å². The molecule has 3 N–H and O–H groups in total. The Morgan fingerprint density at radius 1 is 1.00 bits per heavy atom. The molecule has 0 saturated carbocycles. The summed E-state index contributed by atoms with van der Waals surface area (Å²) in [6, 6.07) is 16.4. The molecule has 0 saturated heterocycles. The predicted octanol–water partition coefficient (Wildman–Crippen LogP) is 3.64. The number of hydrogen-bond acceptors (Lipinski definition) is 9. The van der Waals surface area contributed by atoms with Crippen molar-refractivity contribution < 1.29 is 37.4 Å². The first-order valence-corrected chi connectivity index (χ1v) is 16.5. The van der Waals surface area contributed by atoms with Gasteiger partial charge in [0, 0.05) is 65.4 Å². The molecular formula is C30H36N4O8S2. The first kappa shape index (κ1) is 33.2. The molecule has 0 aromatic heterocycles. The van der Waals surface area contributed by atoms with Crippen LogP contribution < -0.4 is 30.1 Å². The maximum Gasteiger partial charge on any atom is 0.404 e. The first-order chi connectivity index (χ1) is 21.2. The van der Waals surface area contributed by atoms with Gasteiger partial charge in [-0.25, -0.2) is 22.5 Å². The Bertz CT molecular complexity index is 1760. The molecule has 2 aliphatic rings. The fourth-order valence-electron chi connectivity index (χ4n) is 5.16. The number of fused-ring (bicyclic) bond motifs is 2. The molecule has 1 aliphatic carbocycles. The zero-order valence-electron chi connectivity index (χ0n) is 25.0. The molecule has 236 valence electrons. The second-order valence-electron chi connectivity index (χ2n) is 9.69. The number of nitrogens with zero attached hydrogens (tertiary/aromatic N) is 2. The van der Waals surface area contributed by atoms with Gasteiger partial charge >= 0.3 is 6.09 Å². The smallest absolute Gasteiger partial charge is 0.404 e. The number of rotatable bonds is 14. The van der Waals surface area contributed by atoms with Gasteiger partial charge in [-0.15, -0.1) is 0 Å². The Labute approximate surface area is 260 Å². The van der Waals surface area contributed by atoms with Gasteiger partial charge in [-0.3, -0.25) is 5.04 Å². The van der Waals surface area contributed by atoms with E-state index in [1.165, 1.54) is 12.1 Å². The summed E-state index contributed by atoms with van der Waals surface area (Å²) in [4.78, 5) is 13.1. The van der Waals surface area contributed by atoms with E-state index in [-0.39, 0.29) is 18.0 Å². The van der Waals surface area contributed by atoms with Gasteiger partial charge in [0.25, 0.3) is 0 Å². The van der Waals surface area contributed by atoms with Crippen molar-refractivity contribution in [3.05, 3.63) is 60.0 Å². The maximum absolute atomic E-state index is 13.0. The second-order valence-corrected chi connectivity index (χ2v) is 12.2. The van der Waals surface area contributed by atoms with Gasteiger partial charge in [0.2, 0.25) is 15.4 Å². The molecule has 0 unspecified atom stereocenters. The predicted molar refractivity (Wildman–Crippen MR) is 167 cm³/mol. The fraction of sp³-hybridized carbons (Fsp3) is 0.333. The Morgan fingerprint density at radius 2 is 1.73 bits per heavy atom. The maximum atomic E-state index is 13.0. The van der Waals surface area contributed by atoms with Crippen molar-refractivity contribution in [2.75, 3.05) is 44.2 Å². The van der Waals surface area contributed by atoms with Crippen LogP contribution in [0.2, 0.25) is 0 Å². The van der Waals surface area contributed by atoms with E-state index in [1.54, 1.807) is 6.07 Å². The van der Waals surface area contributed by atoms with Gasteiger partial charge in [-0.1, -0.05) is 6.07 Å². The number of carbonyl (C=O) groups is 1.